The van der Waals surface area contributed by atoms with E-state index in [2.05, 4.69) is 10.0 Å². The number of methoxy groups -OCH3 is 1. The number of sulfonamides is 1. The summed E-state index contributed by atoms with van der Waals surface area (Å²) in [5.41, 5.74) is 1.32. The van der Waals surface area contributed by atoms with E-state index in [1.54, 1.807) is 26.2 Å². The lowest BCUT2D eigenvalue weighted by Crippen LogP contribution is -2.23. The highest BCUT2D eigenvalue weighted by Gasteiger charge is 2.41. The van der Waals surface area contributed by atoms with Gasteiger partial charge in [0.15, 0.2) is 0 Å². The van der Waals surface area contributed by atoms with Crippen LogP contribution in [0.1, 0.15) is 26.2 Å². The molecule has 0 aliphatic heterocycles. The Bertz CT molecular complexity index is 551. The molecule has 0 radical (unpaired) electrons. The van der Waals surface area contributed by atoms with Crippen molar-refractivity contribution in [1.29, 1.82) is 0 Å². The largest absolute Gasteiger partial charge is 0.385 e. The van der Waals surface area contributed by atoms with E-state index in [4.69, 9.17) is 4.74 Å². The van der Waals surface area contributed by atoms with E-state index < -0.39 is 10.0 Å². The first kappa shape index (κ1) is 16.3. The molecule has 0 heterocycles. The molecule has 1 aromatic rings. The molecule has 6 heteroatoms. The summed E-state index contributed by atoms with van der Waals surface area (Å²) in [6.07, 6.45) is 3.54. The van der Waals surface area contributed by atoms with E-state index in [0.717, 1.165) is 25.3 Å². The average molecular weight is 312 g/mol. The molecule has 0 aromatic heterocycles. The Kier molecular flexibility index (Phi) is 5.24. The number of hydrogen-bond acceptors (Lipinski definition) is 4. The van der Waals surface area contributed by atoms with E-state index in [-0.39, 0.29) is 0 Å². The summed E-state index contributed by atoms with van der Waals surface area (Å²) in [5.74, 6) is 0. The first-order valence-corrected chi connectivity index (χ1v) is 8.82. The predicted molar refractivity (Wildman–Crippen MR) is 84.0 cm³/mol. The monoisotopic (exact) mass is 312 g/mol. The number of anilines is 1. The minimum atomic E-state index is -3.36. The Morgan fingerprint density at radius 1 is 1.24 bits per heavy atom. The molecular weight excluding hydrogens is 288 g/mol. The van der Waals surface area contributed by atoms with Gasteiger partial charge in [-0.05, 0) is 48.9 Å². The Morgan fingerprint density at radius 3 is 2.43 bits per heavy atom. The second kappa shape index (κ2) is 6.77. The molecule has 5 nitrogen and oxygen atoms in total. The van der Waals surface area contributed by atoms with Crippen LogP contribution in [0.3, 0.4) is 0 Å². The molecule has 2 N–H and O–H groups in total. The van der Waals surface area contributed by atoms with Crippen LogP contribution in [0.4, 0.5) is 5.69 Å². The molecule has 118 valence electrons. The molecule has 1 aromatic carbocycles. The Hall–Kier alpha value is -1.11. The van der Waals surface area contributed by atoms with Gasteiger partial charge in [0, 0.05) is 32.5 Å². The third-order valence-electron chi connectivity index (χ3n) is 3.96. The van der Waals surface area contributed by atoms with Crippen LogP contribution in [0, 0.1) is 5.41 Å². The van der Waals surface area contributed by atoms with E-state index in [9.17, 15) is 8.42 Å². The van der Waals surface area contributed by atoms with Crippen LogP contribution in [0.15, 0.2) is 29.2 Å². The highest BCUT2D eigenvalue weighted by molar-refractivity contribution is 7.89. The van der Waals surface area contributed by atoms with Crippen molar-refractivity contribution < 1.29 is 13.2 Å². The molecule has 0 unspecified atom stereocenters. The normalized spacial score (nSPS) is 16.7. The zero-order valence-corrected chi connectivity index (χ0v) is 13.5. The van der Waals surface area contributed by atoms with Gasteiger partial charge >= 0.3 is 0 Å². The lowest BCUT2D eigenvalue weighted by Gasteiger charge is -2.16. The maximum atomic E-state index is 11.8. The molecule has 1 fully saturated rings. The number of hydrogen-bond donors (Lipinski definition) is 2. The minimum absolute atomic E-state index is 0.301. The number of rotatable bonds is 9. The minimum Gasteiger partial charge on any atom is -0.385 e. The lowest BCUT2D eigenvalue weighted by atomic mass is 10.0. The number of ether oxygens (including phenoxy) is 1. The highest BCUT2D eigenvalue weighted by atomic mass is 32.2. The van der Waals surface area contributed by atoms with Gasteiger partial charge in [-0.2, -0.15) is 0 Å². The first-order valence-electron chi connectivity index (χ1n) is 7.34. The Balaban J connectivity index is 1.91. The van der Waals surface area contributed by atoms with E-state index >= 15 is 0 Å². The molecule has 0 spiro atoms. The van der Waals surface area contributed by atoms with E-state index in [1.807, 2.05) is 12.1 Å². The van der Waals surface area contributed by atoms with Gasteiger partial charge in [0.1, 0.15) is 0 Å². The fraction of sp³-hybridized carbons (Fsp3) is 0.600. The SMILES string of the molecule is CCNS(=O)(=O)c1ccc(NCC2(CCOC)CC2)cc1. The van der Waals surface area contributed by atoms with Crippen LogP contribution in [0.25, 0.3) is 0 Å². The summed E-state index contributed by atoms with van der Waals surface area (Å²) in [5, 5.41) is 3.40. The van der Waals surface area contributed by atoms with Crippen molar-refractivity contribution in [3.8, 4) is 0 Å². The summed E-state index contributed by atoms with van der Waals surface area (Å²) in [4.78, 5) is 0.301. The zero-order chi connectivity index (χ0) is 15.3. The third-order valence-corrected chi connectivity index (χ3v) is 5.52. The van der Waals surface area contributed by atoms with Crippen LogP contribution in [-0.4, -0.2) is 35.2 Å². The van der Waals surface area contributed by atoms with Crippen molar-refractivity contribution in [3.63, 3.8) is 0 Å². The topological polar surface area (TPSA) is 67.4 Å². The van der Waals surface area contributed by atoms with Crippen molar-refractivity contribution in [1.82, 2.24) is 4.72 Å². The molecular formula is C15H24N2O3S. The molecule has 0 bridgehead atoms. The van der Waals surface area contributed by atoms with Crippen LogP contribution < -0.4 is 10.0 Å². The summed E-state index contributed by atoms with van der Waals surface area (Å²) >= 11 is 0. The van der Waals surface area contributed by atoms with Crippen LogP contribution in [0.2, 0.25) is 0 Å². The molecule has 1 aliphatic rings. The van der Waals surface area contributed by atoms with Gasteiger partial charge in [0.25, 0.3) is 0 Å². The second-order valence-electron chi connectivity index (χ2n) is 5.62. The van der Waals surface area contributed by atoms with E-state index in [0.29, 0.717) is 16.9 Å². The number of benzene rings is 1. The predicted octanol–water partition coefficient (Wildman–Crippen LogP) is 2.21. The van der Waals surface area contributed by atoms with Gasteiger partial charge < -0.3 is 10.1 Å². The summed E-state index contributed by atoms with van der Waals surface area (Å²) < 4.78 is 31.3. The summed E-state index contributed by atoms with van der Waals surface area (Å²) in [6, 6.07) is 6.90. The fourth-order valence-corrected chi connectivity index (χ4v) is 3.37. The van der Waals surface area contributed by atoms with Crippen molar-refractivity contribution in [2.45, 2.75) is 31.1 Å². The molecule has 0 amide bonds. The van der Waals surface area contributed by atoms with Crippen molar-refractivity contribution in [2.75, 3.05) is 32.1 Å². The van der Waals surface area contributed by atoms with Crippen molar-refractivity contribution >= 4 is 15.7 Å². The Labute approximate surface area is 127 Å². The van der Waals surface area contributed by atoms with Gasteiger partial charge in [-0.3, -0.25) is 0 Å². The van der Waals surface area contributed by atoms with Gasteiger partial charge in [-0.15, -0.1) is 0 Å². The van der Waals surface area contributed by atoms with Crippen LogP contribution in [-0.2, 0) is 14.8 Å². The molecule has 1 saturated carbocycles. The lowest BCUT2D eigenvalue weighted by molar-refractivity contribution is 0.175. The maximum absolute atomic E-state index is 11.8. The van der Waals surface area contributed by atoms with Crippen LogP contribution >= 0.6 is 0 Å². The Morgan fingerprint density at radius 2 is 1.90 bits per heavy atom. The highest BCUT2D eigenvalue weighted by Crippen LogP contribution is 2.48. The van der Waals surface area contributed by atoms with Gasteiger partial charge in [-0.1, -0.05) is 6.92 Å². The fourth-order valence-electron chi connectivity index (χ4n) is 2.33. The third kappa shape index (κ3) is 4.43. The molecule has 2 rings (SSSR count). The van der Waals surface area contributed by atoms with Gasteiger partial charge in [0.05, 0.1) is 4.90 Å². The summed E-state index contributed by atoms with van der Waals surface area (Å²) in [6.45, 7) is 3.87. The average Bonchev–Trinajstić information content (AvgIpc) is 3.24. The molecule has 21 heavy (non-hydrogen) atoms. The molecule has 0 saturated heterocycles. The van der Waals surface area contributed by atoms with E-state index in [1.165, 1.54) is 12.8 Å². The number of nitrogens with one attached hydrogen (secondary N) is 2. The molecule has 0 atom stereocenters. The first-order chi connectivity index (χ1) is 10.0. The van der Waals surface area contributed by atoms with Crippen molar-refractivity contribution in [3.05, 3.63) is 24.3 Å². The standard InChI is InChI=1S/C15H24N2O3S/c1-3-17-21(18,19)14-6-4-13(5-7-14)16-12-15(8-9-15)10-11-20-2/h4-7,16-17H,3,8-12H2,1-2H3. The van der Waals surface area contributed by atoms with Gasteiger partial charge in [-0.25, -0.2) is 13.1 Å². The maximum Gasteiger partial charge on any atom is 0.240 e. The summed E-state index contributed by atoms with van der Waals surface area (Å²) in [7, 11) is -1.64. The second-order valence-corrected chi connectivity index (χ2v) is 7.39. The molecule has 1 aliphatic carbocycles. The van der Waals surface area contributed by atoms with Gasteiger partial charge in [0.2, 0.25) is 10.0 Å². The van der Waals surface area contributed by atoms with Crippen LogP contribution in [0.5, 0.6) is 0 Å². The quantitative estimate of drug-likeness (QED) is 0.733. The smallest absolute Gasteiger partial charge is 0.240 e. The van der Waals surface area contributed by atoms with Crippen molar-refractivity contribution in [2.24, 2.45) is 5.41 Å². The zero-order valence-electron chi connectivity index (χ0n) is 12.7.